The van der Waals surface area contributed by atoms with E-state index in [0.717, 1.165) is 25.0 Å². The number of urea groups is 1. The predicted molar refractivity (Wildman–Crippen MR) is 101 cm³/mol. The summed E-state index contributed by atoms with van der Waals surface area (Å²) in [6, 6.07) is 6.93. The predicted octanol–water partition coefficient (Wildman–Crippen LogP) is 1.61. The van der Waals surface area contributed by atoms with E-state index >= 15 is 0 Å². The second kappa shape index (κ2) is 9.02. The first-order valence-electron chi connectivity index (χ1n) is 8.99. The molecule has 0 unspecified atom stereocenters. The topological polar surface area (TPSA) is 99.7 Å². The Hall–Kier alpha value is -2.09. The van der Waals surface area contributed by atoms with Crippen LogP contribution in [0.15, 0.2) is 24.3 Å². The first-order valence-corrected chi connectivity index (χ1v) is 10.0. The third kappa shape index (κ3) is 5.20. The lowest BCUT2D eigenvalue weighted by molar-refractivity contribution is -0.121. The number of benzene rings is 1. The fraction of sp³-hybridized carbons (Fsp3) is 0.556. The number of carbonyl (C=O) groups excluding carboxylic acids is 2. The third-order valence-electron chi connectivity index (χ3n) is 4.61. The molecule has 3 atom stereocenters. The summed E-state index contributed by atoms with van der Waals surface area (Å²) in [6.45, 7) is 0.852. The van der Waals surface area contributed by atoms with Crippen molar-refractivity contribution in [3.8, 4) is 11.5 Å². The van der Waals surface area contributed by atoms with Crippen LogP contribution in [0.5, 0.6) is 11.5 Å². The molecule has 3 amide bonds. The number of fused-ring (bicyclic) bond motifs is 1. The average Bonchev–Trinajstić information content (AvgIpc) is 3.17. The van der Waals surface area contributed by atoms with E-state index in [0.29, 0.717) is 30.6 Å². The molecule has 0 radical (unpaired) electrons. The fourth-order valence-electron chi connectivity index (χ4n) is 3.26. The van der Waals surface area contributed by atoms with Gasteiger partial charge in [0.2, 0.25) is 5.91 Å². The Balaban J connectivity index is 1.22. The standard InChI is InChI=1S/C18H25N3O4S/c22-12-5-7-13(8-6-12)25-10-9-19-16(23)4-2-1-3-15-17-14(11-26-15)20-18(24)21-17/h5-8,14-15,17,22H,1-4,9-11H2,(H,19,23)(H2,20,21,24)/t14-,15-,17-/m0/s1. The minimum atomic E-state index is -0.0563. The molecule has 2 saturated heterocycles. The summed E-state index contributed by atoms with van der Waals surface area (Å²) in [5.74, 6) is 1.86. The molecule has 0 spiro atoms. The smallest absolute Gasteiger partial charge is 0.315 e. The van der Waals surface area contributed by atoms with Crippen molar-refractivity contribution in [3.63, 3.8) is 0 Å². The van der Waals surface area contributed by atoms with Gasteiger partial charge in [0.1, 0.15) is 18.1 Å². The molecule has 4 N–H and O–H groups in total. The monoisotopic (exact) mass is 379 g/mol. The average molecular weight is 379 g/mol. The summed E-state index contributed by atoms with van der Waals surface area (Å²) in [4.78, 5) is 23.2. The molecule has 2 aliphatic heterocycles. The van der Waals surface area contributed by atoms with Crippen LogP contribution >= 0.6 is 11.8 Å². The normalized spacial score (nSPS) is 23.8. The number of hydrogen-bond acceptors (Lipinski definition) is 5. The molecule has 3 rings (SSSR count). The van der Waals surface area contributed by atoms with Crippen LogP contribution in [0.2, 0.25) is 0 Å². The molecular formula is C18H25N3O4S. The Morgan fingerprint density at radius 1 is 1.27 bits per heavy atom. The van der Waals surface area contributed by atoms with Crippen LogP contribution in [0.25, 0.3) is 0 Å². The van der Waals surface area contributed by atoms with E-state index in [2.05, 4.69) is 16.0 Å². The first kappa shape index (κ1) is 18.7. The molecule has 142 valence electrons. The number of rotatable bonds is 9. The lowest BCUT2D eigenvalue weighted by atomic mass is 10.0. The Morgan fingerprint density at radius 3 is 2.88 bits per heavy atom. The van der Waals surface area contributed by atoms with E-state index < -0.39 is 0 Å². The van der Waals surface area contributed by atoms with Crippen LogP contribution in [0.3, 0.4) is 0 Å². The van der Waals surface area contributed by atoms with Crippen LogP contribution < -0.4 is 20.7 Å². The van der Waals surface area contributed by atoms with Crippen molar-refractivity contribution < 1.29 is 19.4 Å². The van der Waals surface area contributed by atoms with Gasteiger partial charge < -0.3 is 25.8 Å². The molecule has 0 aromatic heterocycles. The van der Waals surface area contributed by atoms with Crippen LogP contribution in [0.1, 0.15) is 25.7 Å². The quantitative estimate of drug-likeness (QED) is 0.386. The number of phenols is 1. The summed E-state index contributed by atoms with van der Waals surface area (Å²) in [5, 5.41) is 18.4. The SMILES string of the molecule is O=C(CCCC[C@@H]1SC[C@@H]2NC(=O)N[C@@H]21)NCCOc1ccc(O)cc1. The van der Waals surface area contributed by atoms with Gasteiger partial charge in [0.15, 0.2) is 0 Å². The zero-order chi connectivity index (χ0) is 18.4. The Labute approximate surface area is 157 Å². The minimum absolute atomic E-state index is 0.0343. The highest BCUT2D eigenvalue weighted by molar-refractivity contribution is 8.00. The Bertz CT molecular complexity index is 625. The van der Waals surface area contributed by atoms with E-state index in [9.17, 15) is 14.7 Å². The summed E-state index contributed by atoms with van der Waals surface area (Å²) < 4.78 is 5.48. The summed E-state index contributed by atoms with van der Waals surface area (Å²) in [7, 11) is 0. The van der Waals surface area contributed by atoms with Gasteiger partial charge in [-0.2, -0.15) is 11.8 Å². The van der Waals surface area contributed by atoms with Gasteiger partial charge in [0.05, 0.1) is 18.6 Å². The minimum Gasteiger partial charge on any atom is -0.508 e. The number of amides is 3. The molecule has 1 aromatic carbocycles. The van der Waals surface area contributed by atoms with Gasteiger partial charge in [-0.05, 0) is 37.1 Å². The number of nitrogens with one attached hydrogen (secondary N) is 3. The van der Waals surface area contributed by atoms with E-state index in [1.165, 1.54) is 0 Å². The van der Waals surface area contributed by atoms with Gasteiger partial charge in [-0.15, -0.1) is 0 Å². The fourth-order valence-corrected chi connectivity index (χ4v) is 4.81. The maximum atomic E-state index is 11.8. The number of aromatic hydroxyl groups is 1. The molecular weight excluding hydrogens is 354 g/mol. The van der Waals surface area contributed by atoms with Gasteiger partial charge in [0.25, 0.3) is 0 Å². The first-order chi connectivity index (χ1) is 12.6. The second-order valence-electron chi connectivity index (χ2n) is 6.56. The molecule has 26 heavy (non-hydrogen) atoms. The van der Waals surface area contributed by atoms with E-state index in [-0.39, 0.29) is 29.8 Å². The van der Waals surface area contributed by atoms with Crippen molar-refractivity contribution >= 4 is 23.7 Å². The molecule has 2 fully saturated rings. The van der Waals surface area contributed by atoms with Crippen molar-refractivity contribution in [2.24, 2.45) is 0 Å². The number of thioether (sulfide) groups is 1. The highest BCUT2D eigenvalue weighted by atomic mass is 32.2. The summed E-state index contributed by atoms with van der Waals surface area (Å²) in [6.07, 6.45) is 3.36. The van der Waals surface area contributed by atoms with Gasteiger partial charge >= 0.3 is 6.03 Å². The van der Waals surface area contributed by atoms with Crippen LogP contribution in [-0.4, -0.2) is 53.3 Å². The van der Waals surface area contributed by atoms with Crippen molar-refractivity contribution in [3.05, 3.63) is 24.3 Å². The molecule has 2 heterocycles. The van der Waals surface area contributed by atoms with Gasteiger partial charge in [-0.25, -0.2) is 4.79 Å². The summed E-state index contributed by atoms with van der Waals surface area (Å²) >= 11 is 1.90. The van der Waals surface area contributed by atoms with Gasteiger partial charge in [-0.3, -0.25) is 4.79 Å². The number of ether oxygens (including phenoxy) is 1. The number of hydrogen-bond donors (Lipinski definition) is 4. The third-order valence-corrected chi connectivity index (χ3v) is 6.12. The second-order valence-corrected chi connectivity index (χ2v) is 7.83. The number of carbonyl (C=O) groups is 2. The zero-order valence-electron chi connectivity index (χ0n) is 14.6. The van der Waals surface area contributed by atoms with E-state index in [1.54, 1.807) is 24.3 Å². The van der Waals surface area contributed by atoms with Crippen molar-refractivity contribution in [2.45, 2.75) is 43.0 Å². The zero-order valence-corrected chi connectivity index (χ0v) is 15.4. The Kier molecular flexibility index (Phi) is 6.49. The number of unbranched alkanes of at least 4 members (excludes halogenated alkanes) is 1. The highest BCUT2D eigenvalue weighted by Crippen LogP contribution is 2.33. The van der Waals surface area contributed by atoms with Crippen molar-refractivity contribution in [1.82, 2.24) is 16.0 Å². The van der Waals surface area contributed by atoms with E-state index in [1.807, 2.05) is 11.8 Å². The maximum Gasteiger partial charge on any atom is 0.315 e. The highest BCUT2D eigenvalue weighted by Gasteiger charge is 2.42. The summed E-state index contributed by atoms with van der Waals surface area (Å²) in [5.41, 5.74) is 0. The molecule has 0 aliphatic carbocycles. The lowest BCUT2D eigenvalue weighted by Crippen LogP contribution is -2.36. The van der Waals surface area contributed by atoms with Crippen molar-refractivity contribution in [1.29, 1.82) is 0 Å². The molecule has 0 saturated carbocycles. The van der Waals surface area contributed by atoms with Crippen molar-refractivity contribution in [2.75, 3.05) is 18.9 Å². The molecule has 1 aromatic rings. The maximum absolute atomic E-state index is 11.8. The van der Waals surface area contributed by atoms with Crippen LogP contribution in [-0.2, 0) is 4.79 Å². The van der Waals surface area contributed by atoms with Gasteiger partial charge in [-0.1, -0.05) is 6.42 Å². The molecule has 8 heteroatoms. The molecule has 2 aliphatic rings. The van der Waals surface area contributed by atoms with Crippen LogP contribution in [0, 0.1) is 0 Å². The van der Waals surface area contributed by atoms with Crippen LogP contribution in [0.4, 0.5) is 4.79 Å². The molecule has 7 nitrogen and oxygen atoms in total. The van der Waals surface area contributed by atoms with Gasteiger partial charge in [0, 0.05) is 17.4 Å². The van der Waals surface area contributed by atoms with E-state index in [4.69, 9.17) is 4.74 Å². The Morgan fingerprint density at radius 2 is 2.08 bits per heavy atom. The largest absolute Gasteiger partial charge is 0.508 e. The molecule has 0 bridgehead atoms. The lowest BCUT2D eigenvalue weighted by Gasteiger charge is -2.16. The number of phenolic OH excluding ortho intramolecular Hbond substituents is 1.